The van der Waals surface area contributed by atoms with Crippen LogP contribution in [0.4, 0.5) is 4.39 Å². The van der Waals surface area contributed by atoms with Gasteiger partial charge in [0.05, 0.1) is 4.47 Å². The molecule has 3 nitrogen and oxygen atoms in total. The molecule has 0 amide bonds. The Balaban J connectivity index is 1.86. The number of hydrogen-bond donors (Lipinski definition) is 1. The van der Waals surface area contributed by atoms with Crippen molar-refractivity contribution in [2.45, 2.75) is 13.2 Å². The lowest BCUT2D eigenvalue weighted by Gasteiger charge is -2.06. The fraction of sp³-hybridized carbons (Fsp3) is 0.125. The molecule has 1 aromatic heterocycles. The van der Waals surface area contributed by atoms with E-state index >= 15 is 0 Å². The number of nitrogens with two attached hydrogens (primary N) is 1. The van der Waals surface area contributed by atoms with Gasteiger partial charge in [-0.2, -0.15) is 0 Å². The standard InChI is InChI=1S/C16H13BrFNO2/c17-13-6-5-10(7-14(13)18)20-9-16-12(8-19)11-3-1-2-4-15(11)21-16/h1-7H,8-9,19H2. The van der Waals surface area contributed by atoms with Crippen LogP contribution in [0.5, 0.6) is 5.75 Å². The molecule has 0 aliphatic rings. The van der Waals surface area contributed by atoms with Gasteiger partial charge in [-0.25, -0.2) is 4.39 Å². The number of benzene rings is 2. The number of fused-ring (bicyclic) bond motifs is 1. The molecule has 0 spiro atoms. The first kappa shape index (κ1) is 14.1. The molecule has 0 fully saturated rings. The van der Waals surface area contributed by atoms with Gasteiger partial charge in [-0.3, -0.25) is 0 Å². The summed E-state index contributed by atoms with van der Waals surface area (Å²) in [4.78, 5) is 0. The highest BCUT2D eigenvalue weighted by Crippen LogP contribution is 2.27. The first-order valence-corrected chi connectivity index (χ1v) is 7.25. The van der Waals surface area contributed by atoms with Crippen molar-refractivity contribution in [1.82, 2.24) is 0 Å². The molecule has 1 heterocycles. The van der Waals surface area contributed by atoms with Crippen LogP contribution in [0, 0.1) is 5.82 Å². The molecule has 0 atom stereocenters. The molecule has 2 N–H and O–H groups in total. The third-order valence-corrected chi connectivity index (χ3v) is 3.89. The molecule has 0 saturated heterocycles. The van der Waals surface area contributed by atoms with Crippen molar-refractivity contribution in [2.24, 2.45) is 5.73 Å². The van der Waals surface area contributed by atoms with Gasteiger partial charge in [-0.1, -0.05) is 18.2 Å². The Morgan fingerprint density at radius 1 is 1.19 bits per heavy atom. The minimum absolute atomic E-state index is 0.211. The van der Waals surface area contributed by atoms with Gasteiger partial charge in [0, 0.05) is 23.6 Å². The van der Waals surface area contributed by atoms with Crippen LogP contribution in [-0.2, 0) is 13.2 Å². The number of furan rings is 1. The number of para-hydroxylation sites is 1. The highest BCUT2D eigenvalue weighted by atomic mass is 79.9. The molecule has 3 rings (SSSR count). The van der Waals surface area contributed by atoms with E-state index < -0.39 is 0 Å². The van der Waals surface area contributed by atoms with E-state index in [0.717, 1.165) is 16.5 Å². The molecule has 2 aromatic carbocycles. The van der Waals surface area contributed by atoms with E-state index in [2.05, 4.69) is 15.9 Å². The summed E-state index contributed by atoms with van der Waals surface area (Å²) in [5.41, 5.74) is 7.49. The van der Waals surface area contributed by atoms with Gasteiger partial charge in [0.15, 0.2) is 0 Å². The molecule has 3 aromatic rings. The summed E-state index contributed by atoms with van der Waals surface area (Å²) in [6.07, 6.45) is 0. The zero-order valence-electron chi connectivity index (χ0n) is 11.1. The van der Waals surface area contributed by atoms with Gasteiger partial charge >= 0.3 is 0 Å². The lowest BCUT2D eigenvalue weighted by Crippen LogP contribution is -2.02. The van der Waals surface area contributed by atoms with Crippen LogP contribution in [0.3, 0.4) is 0 Å². The zero-order valence-corrected chi connectivity index (χ0v) is 12.7. The average Bonchev–Trinajstić information content (AvgIpc) is 2.86. The Morgan fingerprint density at radius 2 is 2.00 bits per heavy atom. The van der Waals surface area contributed by atoms with E-state index in [1.165, 1.54) is 6.07 Å². The Labute approximate surface area is 129 Å². The Hall–Kier alpha value is -1.85. The van der Waals surface area contributed by atoms with Crippen molar-refractivity contribution in [1.29, 1.82) is 0 Å². The highest BCUT2D eigenvalue weighted by Gasteiger charge is 2.13. The van der Waals surface area contributed by atoms with Crippen molar-refractivity contribution in [3.8, 4) is 5.75 Å². The number of ether oxygens (including phenoxy) is 1. The molecule has 0 bridgehead atoms. The van der Waals surface area contributed by atoms with Crippen molar-refractivity contribution < 1.29 is 13.5 Å². The van der Waals surface area contributed by atoms with Crippen LogP contribution >= 0.6 is 15.9 Å². The van der Waals surface area contributed by atoms with Gasteiger partial charge < -0.3 is 14.9 Å². The second kappa shape index (κ2) is 5.87. The quantitative estimate of drug-likeness (QED) is 0.760. The van der Waals surface area contributed by atoms with E-state index in [1.807, 2.05) is 24.3 Å². The molecule has 0 aliphatic carbocycles. The van der Waals surface area contributed by atoms with Gasteiger partial charge in [0.1, 0.15) is 29.5 Å². The largest absolute Gasteiger partial charge is 0.486 e. The predicted molar refractivity (Wildman–Crippen MR) is 82.5 cm³/mol. The summed E-state index contributed by atoms with van der Waals surface area (Å²) in [5.74, 6) is 0.748. The van der Waals surface area contributed by atoms with Crippen LogP contribution in [0.15, 0.2) is 51.4 Å². The van der Waals surface area contributed by atoms with E-state index in [9.17, 15) is 4.39 Å². The Bertz CT molecular complexity index is 785. The molecule has 108 valence electrons. The average molecular weight is 350 g/mol. The third-order valence-electron chi connectivity index (χ3n) is 3.25. The smallest absolute Gasteiger partial charge is 0.147 e. The molecular formula is C16H13BrFNO2. The topological polar surface area (TPSA) is 48.4 Å². The molecule has 21 heavy (non-hydrogen) atoms. The van der Waals surface area contributed by atoms with Gasteiger partial charge in [0.25, 0.3) is 0 Å². The molecule has 0 aliphatic heterocycles. The monoisotopic (exact) mass is 349 g/mol. The van der Waals surface area contributed by atoms with Crippen molar-refractivity contribution in [3.63, 3.8) is 0 Å². The van der Waals surface area contributed by atoms with Crippen LogP contribution in [0.1, 0.15) is 11.3 Å². The fourth-order valence-electron chi connectivity index (χ4n) is 2.21. The zero-order chi connectivity index (χ0) is 14.8. The van der Waals surface area contributed by atoms with Gasteiger partial charge in [-0.15, -0.1) is 0 Å². The number of rotatable bonds is 4. The highest BCUT2D eigenvalue weighted by molar-refractivity contribution is 9.10. The summed E-state index contributed by atoms with van der Waals surface area (Å²) in [7, 11) is 0. The van der Waals surface area contributed by atoms with E-state index in [-0.39, 0.29) is 12.4 Å². The van der Waals surface area contributed by atoms with Gasteiger partial charge in [-0.05, 0) is 34.1 Å². The first-order valence-electron chi connectivity index (χ1n) is 6.46. The summed E-state index contributed by atoms with van der Waals surface area (Å²) in [6.45, 7) is 0.576. The normalized spacial score (nSPS) is 11.0. The minimum atomic E-state index is -0.365. The third kappa shape index (κ3) is 2.80. The first-order chi connectivity index (χ1) is 10.2. The Morgan fingerprint density at radius 3 is 2.76 bits per heavy atom. The Kier molecular flexibility index (Phi) is 3.94. The second-order valence-electron chi connectivity index (χ2n) is 4.57. The molecular weight excluding hydrogens is 337 g/mol. The summed E-state index contributed by atoms with van der Waals surface area (Å²) in [5, 5.41) is 0.987. The van der Waals surface area contributed by atoms with Crippen molar-refractivity contribution in [3.05, 3.63) is 64.1 Å². The maximum atomic E-state index is 13.4. The maximum absolute atomic E-state index is 13.4. The van der Waals surface area contributed by atoms with Crippen LogP contribution in [0.25, 0.3) is 11.0 Å². The van der Waals surface area contributed by atoms with E-state index in [1.54, 1.807) is 12.1 Å². The molecule has 5 heteroatoms. The summed E-state index contributed by atoms with van der Waals surface area (Å²) >= 11 is 3.11. The van der Waals surface area contributed by atoms with Crippen LogP contribution < -0.4 is 10.5 Å². The van der Waals surface area contributed by atoms with Crippen LogP contribution in [-0.4, -0.2) is 0 Å². The van der Waals surface area contributed by atoms with E-state index in [4.69, 9.17) is 14.9 Å². The van der Waals surface area contributed by atoms with E-state index in [0.29, 0.717) is 22.5 Å². The molecule has 0 radical (unpaired) electrons. The molecule has 0 saturated carbocycles. The summed E-state index contributed by atoms with van der Waals surface area (Å²) in [6, 6.07) is 12.3. The fourth-order valence-corrected chi connectivity index (χ4v) is 2.45. The minimum Gasteiger partial charge on any atom is -0.486 e. The lowest BCUT2D eigenvalue weighted by molar-refractivity contribution is 0.271. The number of halogens is 2. The van der Waals surface area contributed by atoms with Crippen LogP contribution in [0.2, 0.25) is 0 Å². The molecule has 0 unspecified atom stereocenters. The van der Waals surface area contributed by atoms with Crippen molar-refractivity contribution in [2.75, 3.05) is 0 Å². The second-order valence-corrected chi connectivity index (χ2v) is 5.42. The summed E-state index contributed by atoms with van der Waals surface area (Å²) < 4.78 is 25.2. The number of hydrogen-bond acceptors (Lipinski definition) is 3. The van der Waals surface area contributed by atoms with Gasteiger partial charge in [0.2, 0.25) is 0 Å². The maximum Gasteiger partial charge on any atom is 0.147 e. The lowest BCUT2D eigenvalue weighted by atomic mass is 10.1. The van der Waals surface area contributed by atoms with Crippen molar-refractivity contribution >= 4 is 26.9 Å². The predicted octanol–water partition coefficient (Wildman–Crippen LogP) is 4.37. The SMILES string of the molecule is NCc1c(COc2ccc(Br)c(F)c2)oc2ccccc12.